The van der Waals surface area contributed by atoms with Crippen LogP contribution in [0.25, 0.3) is 96.0 Å². The molecular weight excluding hydrogens is 955 g/mol. The molecule has 76 heavy (non-hydrogen) atoms. The van der Waals surface area contributed by atoms with Gasteiger partial charge in [-0.2, -0.15) is 0 Å². The lowest BCUT2D eigenvalue weighted by molar-refractivity contribution is 0.466. The summed E-state index contributed by atoms with van der Waals surface area (Å²) in [5.41, 5.74) is 21.4. The summed E-state index contributed by atoms with van der Waals surface area (Å²) in [6, 6.07) is 92.8. The van der Waals surface area contributed by atoms with Crippen LogP contribution < -0.4 is 4.90 Å². The highest BCUT2D eigenvalue weighted by atomic mass is 32.1. The lowest BCUT2D eigenvalue weighted by Crippen LogP contribution is -2.33. The predicted octanol–water partition coefficient (Wildman–Crippen LogP) is 20.7. The molecule has 3 unspecified atom stereocenters. The first-order chi connectivity index (χ1) is 37.7. The Hall–Kier alpha value is -8.86. The lowest BCUT2D eigenvalue weighted by atomic mass is 9.65. The van der Waals surface area contributed by atoms with Gasteiger partial charge >= 0.3 is 0 Å². The molecule has 2 heterocycles. The molecule has 0 N–H and O–H groups in total. The minimum absolute atomic E-state index is 0.222. The van der Waals surface area contributed by atoms with E-state index in [-0.39, 0.29) is 17.3 Å². The predicted molar refractivity (Wildman–Crippen MR) is 325 cm³/mol. The maximum Gasteiger partial charge on any atom is 0.0538 e. The van der Waals surface area contributed by atoms with E-state index in [1.54, 1.807) is 0 Å². The largest absolute Gasteiger partial charge is 0.311 e. The Labute approximate surface area is 450 Å². The lowest BCUT2D eigenvalue weighted by Gasteiger charge is -2.36. The molecule has 16 rings (SSSR count). The maximum absolute atomic E-state index is 2.57. The zero-order valence-corrected chi connectivity index (χ0v) is 43.0. The highest BCUT2D eigenvalue weighted by Crippen LogP contribution is 2.67. The molecule has 356 valence electrons. The Balaban J connectivity index is 0.824. The van der Waals surface area contributed by atoms with Crippen LogP contribution in [-0.4, -0.2) is 0 Å². The van der Waals surface area contributed by atoms with E-state index in [2.05, 4.69) is 278 Å². The van der Waals surface area contributed by atoms with E-state index < -0.39 is 0 Å². The molecule has 13 aromatic rings. The zero-order chi connectivity index (χ0) is 49.9. The van der Waals surface area contributed by atoms with Crippen LogP contribution in [-0.2, 0) is 5.41 Å². The molecule has 0 saturated heterocycles. The van der Waals surface area contributed by atoms with E-state index >= 15 is 0 Å². The van der Waals surface area contributed by atoms with Gasteiger partial charge in [0, 0.05) is 69.2 Å². The number of hydrogen-bond donors (Lipinski definition) is 0. The van der Waals surface area contributed by atoms with Crippen molar-refractivity contribution in [1.29, 1.82) is 0 Å². The van der Waals surface area contributed by atoms with Crippen LogP contribution in [0.5, 0.6) is 0 Å². The molecule has 3 aliphatic rings. The van der Waals surface area contributed by atoms with E-state index in [4.69, 9.17) is 0 Å². The van der Waals surface area contributed by atoms with Crippen molar-refractivity contribution in [3.8, 4) is 55.6 Å². The molecule has 11 aromatic carbocycles. The third-order valence-corrected chi connectivity index (χ3v) is 19.3. The Bertz CT molecular complexity index is 4420. The molecule has 3 aliphatic carbocycles. The average molecular weight is 1000 g/mol. The summed E-state index contributed by atoms with van der Waals surface area (Å²) in [7, 11) is 0. The van der Waals surface area contributed by atoms with Gasteiger partial charge in [0.25, 0.3) is 0 Å². The van der Waals surface area contributed by atoms with E-state index in [1.165, 1.54) is 118 Å². The first-order valence-electron chi connectivity index (χ1n) is 26.4. The summed E-state index contributed by atoms with van der Waals surface area (Å²) in [6.45, 7) is 0. The van der Waals surface area contributed by atoms with Gasteiger partial charge in [0.05, 0.1) is 5.41 Å². The molecule has 1 spiro atoms. The molecule has 0 saturated carbocycles. The van der Waals surface area contributed by atoms with Gasteiger partial charge in [-0.15, -0.1) is 22.7 Å². The second kappa shape index (κ2) is 17.1. The van der Waals surface area contributed by atoms with Crippen LogP contribution in [0.15, 0.2) is 273 Å². The molecular formula is C73H47NS2. The molecule has 0 fully saturated rings. The molecule has 3 atom stereocenters. The summed E-state index contributed by atoms with van der Waals surface area (Å²) in [5.74, 6) is 0.447. The van der Waals surface area contributed by atoms with Crippen molar-refractivity contribution in [2.24, 2.45) is 5.92 Å². The van der Waals surface area contributed by atoms with Gasteiger partial charge in [0.15, 0.2) is 0 Å². The van der Waals surface area contributed by atoms with Crippen molar-refractivity contribution >= 4 is 80.1 Å². The molecule has 0 bridgehead atoms. The fourth-order valence-electron chi connectivity index (χ4n) is 13.5. The van der Waals surface area contributed by atoms with E-state index in [0.29, 0.717) is 0 Å². The summed E-state index contributed by atoms with van der Waals surface area (Å²) in [6.07, 6.45) is 9.63. The van der Waals surface area contributed by atoms with Crippen LogP contribution >= 0.6 is 22.7 Å². The summed E-state index contributed by atoms with van der Waals surface area (Å²) >= 11 is 3.90. The van der Waals surface area contributed by atoms with E-state index in [1.807, 2.05) is 22.7 Å². The van der Waals surface area contributed by atoms with E-state index in [9.17, 15) is 0 Å². The highest BCUT2D eigenvalue weighted by molar-refractivity contribution is 7.27. The number of nitrogens with zero attached hydrogens (tertiary/aromatic N) is 1. The average Bonchev–Trinajstić information content (AvgIpc) is 4.40. The maximum atomic E-state index is 2.57. The normalized spacial score (nSPS) is 16.9. The minimum Gasteiger partial charge on any atom is -0.311 e. The first-order valence-corrected chi connectivity index (χ1v) is 28.0. The third kappa shape index (κ3) is 6.43. The molecule has 3 heteroatoms. The van der Waals surface area contributed by atoms with Gasteiger partial charge in [-0.1, -0.05) is 224 Å². The number of fused-ring (bicyclic) bond motifs is 17. The van der Waals surface area contributed by atoms with Crippen LogP contribution in [0, 0.1) is 5.92 Å². The van der Waals surface area contributed by atoms with Crippen LogP contribution in [0.1, 0.15) is 28.2 Å². The van der Waals surface area contributed by atoms with Gasteiger partial charge in [0.2, 0.25) is 0 Å². The summed E-state index contributed by atoms with van der Waals surface area (Å²) < 4.78 is 5.44. The fourth-order valence-corrected chi connectivity index (χ4v) is 16.1. The van der Waals surface area contributed by atoms with Gasteiger partial charge in [-0.05, 0) is 126 Å². The Morgan fingerprint density at radius 1 is 0.316 bits per heavy atom. The topological polar surface area (TPSA) is 3.24 Å². The van der Waals surface area contributed by atoms with Gasteiger partial charge in [-0.25, -0.2) is 0 Å². The number of allylic oxidation sites excluding steroid dienone is 4. The van der Waals surface area contributed by atoms with Gasteiger partial charge < -0.3 is 4.90 Å². The zero-order valence-electron chi connectivity index (χ0n) is 41.4. The quantitative estimate of drug-likeness (QED) is 0.154. The molecule has 2 aromatic heterocycles. The van der Waals surface area contributed by atoms with Crippen LogP contribution in [0.3, 0.4) is 0 Å². The van der Waals surface area contributed by atoms with Crippen molar-refractivity contribution in [1.82, 2.24) is 0 Å². The van der Waals surface area contributed by atoms with Crippen molar-refractivity contribution in [3.05, 3.63) is 295 Å². The third-order valence-electron chi connectivity index (χ3n) is 16.8. The minimum atomic E-state index is -0.351. The molecule has 0 aliphatic heterocycles. The van der Waals surface area contributed by atoms with Gasteiger partial charge in [0.1, 0.15) is 0 Å². The van der Waals surface area contributed by atoms with Crippen LogP contribution in [0.2, 0.25) is 0 Å². The highest BCUT2D eigenvalue weighted by Gasteiger charge is 2.57. The van der Waals surface area contributed by atoms with Crippen LogP contribution in [0.4, 0.5) is 17.1 Å². The standard InChI is InChI=1S/C73H47NS2/c1-3-15-46(16-4-1)48-29-36-52(37-30-48)74(53-38-31-49(32-39-53)47-17-5-2-6-18-47)54-40-33-50(34-41-54)55-22-13-25-61-62-43-44-66-69(72(62)76-71(55)61)63-21-8-11-27-65(63)73(66)64-26-10-7-19-57(64)58-42-35-51(45-67(58)73)56-23-14-24-60-59-20-9-12-28-68(59)75-70(56)60/h1-45,63,65H. The number of benzene rings is 11. The summed E-state index contributed by atoms with van der Waals surface area (Å²) in [4.78, 5) is 2.38. The van der Waals surface area contributed by atoms with Crippen molar-refractivity contribution < 1.29 is 0 Å². The number of thiophene rings is 2. The monoisotopic (exact) mass is 1000 g/mol. The number of rotatable bonds is 7. The van der Waals surface area contributed by atoms with Crippen molar-refractivity contribution in [3.63, 3.8) is 0 Å². The number of anilines is 3. The first kappa shape index (κ1) is 43.5. The van der Waals surface area contributed by atoms with Crippen molar-refractivity contribution in [2.75, 3.05) is 4.90 Å². The molecule has 0 radical (unpaired) electrons. The van der Waals surface area contributed by atoms with Gasteiger partial charge in [-0.3, -0.25) is 0 Å². The number of hydrogen-bond acceptors (Lipinski definition) is 3. The molecule has 0 amide bonds. The summed E-state index contributed by atoms with van der Waals surface area (Å²) in [5, 5.41) is 5.34. The smallest absolute Gasteiger partial charge is 0.0538 e. The Morgan fingerprint density at radius 3 is 1.51 bits per heavy atom. The Kier molecular flexibility index (Phi) is 9.79. The molecule has 1 nitrogen and oxygen atoms in total. The fraction of sp³-hybridized carbons (Fsp3) is 0.0411. The second-order valence-corrected chi connectivity index (χ2v) is 22.7. The van der Waals surface area contributed by atoms with Crippen molar-refractivity contribution in [2.45, 2.75) is 11.3 Å². The second-order valence-electron chi connectivity index (χ2n) is 20.6. The Morgan fingerprint density at radius 2 is 0.816 bits per heavy atom. The van der Waals surface area contributed by atoms with E-state index in [0.717, 1.165) is 17.1 Å². The SMILES string of the molecule is C1=CC2c3c(ccc4c3sc3c(-c5ccc(N(c6ccc(-c7ccccc7)cc6)c6ccc(-c7ccccc7)cc6)cc5)cccc34)C3(c4ccccc4-c4ccc(-c5cccc6c5sc5ccccc56)cc43)C2C=C1.